The molecule has 0 aromatic rings. The number of ether oxygens (including phenoxy) is 5. The van der Waals surface area contributed by atoms with Gasteiger partial charge in [-0.05, 0) is 109 Å². The molecule has 1 aliphatic rings. The molecule has 1 fully saturated rings. The number of hydrogen-bond donors (Lipinski definition) is 3. The number of aliphatic hydroxyl groups excluding tert-OH is 2. The topological polar surface area (TPSA) is 175 Å². The lowest BCUT2D eigenvalue weighted by atomic mass is 9.98. The molecule has 6 atom stereocenters. The van der Waals surface area contributed by atoms with Crippen LogP contribution in [0.5, 0.6) is 0 Å². The summed E-state index contributed by atoms with van der Waals surface area (Å²) in [7, 11) is 0. The fourth-order valence-electron chi connectivity index (χ4n) is 8.55. The maximum Gasteiger partial charge on any atom is 0.335 e. The number of carbonyl (C=O) groups excluding carboxylic acids is 3. The fraction of sp³-hybridized carbons (Fsp3) is 0.692. The summed E-state index contributed by atoms with van der Waals surface area (Å²) < 4.78 is 28.4. The average molecular weight is 1080 g/mol. The number of aliphatic hydroxyl groups is 2. The van der Waals surface area contributed by atoms with Crippen molar-refractivity contribution in [2.45, 2.75) is 276 Å². The predicted molar refractivity (Wildman–Crippen MR) is 312 cm³/mol. The summed E-state index contributed by atoms with van der Waals surface area (Å²) >= 11 is 0. The Morgan fingerprint density at radius 2 is 0.818 bits per heavy atom. The second kappa shape index (κ2) is 52.3. The highest BCUT2D eigenvalue weighted by molar-refractivity contribution is 5.74. The van der Waals surface area contributed by atoms with E-state index in [1.807, 2.05) is 0 Å². The van der Waals surface area contributed by atoms with E-state index in [9.17, 15) is 34.5 Å². The minimum absolute atomic E-state index is 0.0382. The van der Waals surface area contributed by atoms with E-state index in [2.05, 4.69) is 118 Å². The standard InChI is InChI=1S/C65H106O12/c1-4-7-10-13-16-19-22-25-27-29-31-34-36-39-42-45-48-51-57(66)73-54-56(75-58(67)52-49-46-43-40-38-35-32-30-28-26-23-20-17-14-11-8-5-2)55-74-65-63(61(70)60(69)62(77-65)64(71)72)76-59(68)53-50-47-44-41-37-33-24-21-18-15-12-9-6-3/h7-8,10-12,15-17,19-21,24-28,56,60-63,65,69-70H,4-6,9,13-14,18,22-23,29-55H2,1-3H3,(H,71,72)/b10-7-,11-8-,15-12-,19-16-,20-17-,24-21-,27-25-,28-26-. The Kier molecular flexibility index (Phi) is 48.0. The second-order valence-electron chi connectivity index (χ2n) is 20.2. The summed E-state index contributed by atoms with van der Waals surface area (Å²) in [6.07, 6.45) is 56.5. The molecular weight excluding hydrogens is 973 g/mol. The molecule has 1 aliphatic heterocycles. The zero-order valence-corrected chi connectivity index (χ0v) is 48.2. The van der Waals surface area contributed by atoms with Gasteiger partial charge in [-0.15, -0.1) is 0 Å². The van der Waals surface area contributed by atoms with Crippen molar-refractivity contribution in [3.8, 4) is 0 Å². The number of hydrogen-bond acceptors (Lipinski definition) is 11. The average Bonchev–Trinajstić information content (AvgIpc) is 3.42. The highest BCUT2D eigenvalue weighted by Crippen LogP contribution is 2.26. The third-order valence-electron chi connectivity index (χ3n) is 13.1. The predicted octanol–water partition coefficient (Wildman–Crippen LogP) is 15.7. The fourth-order valence-corrected chi connectivity index (χ4v) is 8.55. The van der Waals surface area contributed by atoms with Gasteiger partial charge in [-0.3, -0.25) is 14.4 Å². The van der Waals surface area contributed by atoms with Gasteiger partial charge in [0.2, 0.25) is 0 Å². The molecule has 438 valence electrons. The Bertz CT molecular complexity index is 1710. The quantitative estimate of drug-likeness (QED) is 0.0228. The van der Waals surface area contributed by atoms with Crippen LogP contribution in [0.15, 0.2) is 97.2 Å². The van der Waals surface area contributed by atoms with Crippen molar-refractivity contribution >= 4 is 23.9 Å². The van der Waals surface area contributed by atoms with Crippen LogP contribution in [0, 0.1) is 0 Å². The summed E-state index contributed by atoms with van der Waals surface area (Å²) in [6.45, 7) is 5.68. The third-order valence-corrected chi connectivity index (χ3v) is 13.1. The molecule has 0 spiro atoms. The Balaban J connectivity index is 2.70. The van der Waals surface area contributed by atoms with Crippen molar-refractivity contribution < 1.29 is 58.2 Å². The maximum atomic E-state index is 13.2. The molecule has 0 aromatic heterocycles. The highest BCUT2D eigenvalue weighted by atomic mass is 16.7. The molecule has 77 heavy (non-hydrogen) atoms. The molecule has 3 N–H and O–H groups in total. The minimum Gasteiger partial charge on any atom is -0.479 e. The van der Waals surface area contributed by atoms with E-state index >= 15 is 0 Å². The first-order chi connectivity index (χ1) is 37.6. The number of carboxylic acids is 1. The number of rotatable bonds is 50. The first-order valence-corrected chi connectivity index (χ1v) is 30.2. The first kappa shape index (κ1) is 70.7. The van der Waals surface area contributed by atoms with Crippen LogP contribution >= 0.6 is 0 Å². The van der Waals surface area contributed by atoms with Crippen LogP contribution < -0.4 is 0 Å². The Labute approximate surface area is 466 Å². The van der Waals surface area contributed by atoms with Crippen molar-refractivity contribution in [3.05, 3.63) is 97.2 Å². The zero-order valence-electron chi connectivity index (χ0n) is 48.2. The van der Waals surface area contributed by atoms with Crippen molar-refractivity contribution in [2.24, 2.45) is 0 Å². The van der Waals surface area contributed by atoms with Gasteiger partial charge in [0.05, 0.1) is 6.61 Å². The number of aliphatic carboxylic acids is 1. The van der Waals surface area contributed by atoms with Gasteiger partial charge in [-0.2, -0.15) is 0 Å². The lowest BCUT2D eigenvalue weighted by molar-refractivity contribution is -0.301. The molecule has 0 amide bonds. The van der Waals surface area contributed by atoms with E-state index in [1.165, 1.54) is 6.42 Å². The highest BCUT2D eigenvalue weighted by Gasteiger charge is 2.50. The molecule has 1 rings (SSSR count). The number of esters is 3. The lowest BCUT2D eigenvalue weighted by Gasteiger charge is -2.40. The number of carbonyl (C=O) groups is 4. The van der Waals surface area contributed by atoms with E-state index in [0.717, 1.165) is 173 Å². The summed E-state index contributed by atoms with van der Waals surface area (Å²) in [5.74, 6) is -3.17. The molecule has 12 nitrogen and oxygen atoms in total. The van der Waals surface area contributed by atoms with E-state index in [1.54, 1.807) is 0 Å². The molecule has 1 saturated heterocycles. The molecule has 0 aliphatic carbocycles. The number of carboxylic acid groups (broad SMARTS) is 1. The van der Waals surface area contributed by atoms with Crippen molar-refractivity contribution in [1.82, 2.24) is 0 Å². The van der Waals surface area contributed by atoms with Crippen LogP contribution in [-0.2, 0) is 42.9 Å². The minimum atomic E-state index is -1.91. The molecule has 0 saturated carbocycles. The van der Waals surface area contributed by atoms with Crippen LogP contribution in [-0.4, -0.2) is 89.2 Å². The second-order valence-corrected chi connectivity index (χ2v) is 20.2. The van der Waals surface area contributed by atoms with Gasteiger partial charge in [0, 0.05) is 19.3 Å². The molecule has 0 aromatic carbocycles. The summed E-state index contributed by atoms with van der Waals surface area (Å²) in [5.41, 5.74) is 0. The maximum absolute atomic E-state index is 13.2. The summed E-state index contributed by atoms with van der Waals surface area (Å²) in [6, 6.07) is 0. The van der Waals surface area contributed by atoms with Crippen LogP contribution in [0.3, 0.4) is 0 Å². The summed E-state index contributed by atoms with van der Waals surface area (Å²) in [4.78, 5) is 51.2. The van der Waals surface area contributed by atoms with E-state index < -0.39 is 67.3 Å². The number of unbranched alkanes of at least 4 members (excludes halogenated alkanes) is 20. The SMILES string of the molecule is CC/C=C\C/C=C\C/C=C\CCCCCCCCCC(=O)OCC(COC1OC(C(=O)O)C(O)C(O)C1OC(=O)CCCCCCC/C=C\C/C=C\CCC)OC(=O)CCCCCCCCC/C=C\C/C=C\C/C=C\CC. The first-order valence-electron chi connectivity index (χ1n) is 30.2. The van der Waals surface area contributed by atoms with Gasteiger partial charge in [0.25, 0.3) is 0 Å². The van der Waals surface area contributed by atoms with Crippen molar-refractivity contribution in [1.29, 1.82) is 0 Å². The monoisotopic (exact) mass is 1080 g/mol. The third kappa shape index (κ3) is 42.3. The van der Waals surface area contributed by atoms with Gasteiger partial charge in [0.15, 0.2) is 24.6 Å². The van der Waals surface area contributed by atoms with Crippen molar-refractivity contribution in [3.63, 3.8) is 0 Å². The van der Waals surface area contributed by atoms with Gasteiger partial charge < -0.3 is 39.0 Å². The lowest BCUT2D eigenvalue weighted by Crippen LogP contribution is -2.61. The molecule has 0 bridgehead atoms. The van der Waals surface area contributed by atoms with Gasteiger partial charge in [-0.1, -0.05) is 208 Å². The normalized spacial score (nSPS) is 18.7. The van der Waals surface area contributed by atoms with Crippen LogP contribution in [0.4, 0.5) is 0 Å². The van der Waals surface area contributed by atoms with Gasteiger partial charge in [0.1, 0.15) is 18.8 Å². The smallest absolute Gasteiger partial charge is 0.335 e. The van der Waals surface area contributed by atoms with Crippen LogP contribution in [0.1, 0.15) is 239 Å². The van der Waals surface area contributed by atoms with E-state index in [0.29, 0.717) is 19.3 Å². The van der Waals surface area contributed by atoms with Crippen LogP contribution in [0.25, 0.3) is 0 Å². The largest absolute Gasteiger partial charge is 0.479 e. The van der Waals surface area contributed by atoms with Crippen LogP contribution in [0.2, 0.25) is 0 Å². The Hall–Kier alpha value is -4.36. The summed E-state index contributed by atoms with van der Waals surface area (Å²) in [5, 5.41) is 31.5. The van der Waals surface area contributed by atoms with E-state index in [-0.39, 0.29) is 25.9 Å². The molecule has 12 heteroatoms. The Morgan fingerprint density at radius 3 is 1.25 bits per heavy atom. The molecule has 1 heterocycles. The van der Waals surface area contributed by atoms with E-state index in [4.69, 9.17) is 23.7 Å². The Morgan fingerprint density at radius 1 is 0.442 bits per heavy atom. The van der Waals surface area contributed by atoms with Crippen molar-refractivity contribution in [2.75, 3.05) is 13.2 Å². The molecule has 6 unspecified atom stereocenters. The molecular formula is C65H106O12. The van der Waals surface area contributed by atoms with Gasteiger partial charge in [-0.25, -0.2) is 4.79 Å². The number of allylic oxidation sites excluding steroid dienone is 16. The van der Waals surface area contributed by atoms with Gasteiger partial charge >= 0.3 is 23.9 Å². The molecule has 0 radical (unpaired) electrons. The zero-order chi connectivity index (χ0) is 56.1.